The van der Waals surface area contributed by atoms with Crippen LogP contribution in [-0.4, -0.2) is 37.2 Å². The summed E-state index contributed by atoms with van der Waals surface area (Å²) in [7, 11) is 0. The maximum absolute atomic E-state index is 12.8. The van der Waals surface area contributed by atoms with Crippen LogP contribution in [0.4, 0.5) is 0 Å². The Morgan fingerprint density at radius 1 is 0.309 bits per heavy atom. The van der Waals surface area contributed by atoms with E-state index in [1.54, 1.807) is 0 Å². The van der Waals surface area contributed by atoms with Crippen LogP contribution in [0.1, 0.15) is 284 Å². The number of allylic oxidation sites excluding steroid dienone is 12. The first kappa shape index (κ1) is 64.8. The van der Waals surface area contributed by atoms with Crippen LogP contribution in [-0.2, 0) is 28.6 Å². The molecule has 0 saturated carbocycles. The number of hydrogen-bond donors (Lipinski definition) is 0. The minimum absolute atomic E-state index is 0.100. The molecule has 6 heteroatoms. The summed E-state index contributed by atoms with van der Waals surface area (Å²) in [5.41, 5.74) is 0. The molecule has 0 aliphatic rings. The maximum atomic E-state index is 12.8. The van der Waals surface area contributed by atoms with Crippen molar-refractivity contribution in [2.75, 3.05) is 13.2 Å². The first-order valence-corrected chi connectivity index (χ1v) is 29.0. The average Bonchev–Trinajstić information content (AvgIpc) is 3.34. The lowest BCUT2D eigenvalue weighted by Gasteiger charge is -2.18. The molecule has 0 spiro atoms. The van der Waals surface area contributed by atoms with Gasteiger partial charge in [-0.05, 0) is 77.0 Å². The monoisotopic (exact) mass is 949 g/mol. The van der Waals surface area contributed by atoms with Crippen molar-refractivity contribution in [3.05, 3.63) is 72.9 Å². The normalized spacial score (nSPS) is 12.6. The van der Waals surface area contributed by atoms with Gasteiger partial charge in [-0.2, -0.15) is 0 Å². The van der Waals surface area contributed by atoms with Gasteiger partial charge >= 0.3 is 17.9 Å². The molecule has 68 heavy (non-hydrogen) atoms. The Hall–Kier alpha value is -3.15. The Labute approximate surface area is 421 Å². The molecule has 6 nitrogen and oxygen atoms in total. The molecule has 1 atom stereocenters. The van der Waals surface area contributed by atoms with E-state index in [-0.39, 0.29) is 37.5 Å². The molecule has 0 rings (SSSR count). The molecule has 0 amide bonds. The quantitative estimate of drug-likeness (QED) is 0.0199. The highest BCUT2D eigenvalue weighted by Crippen LogP contribution is 2.15. The van der Waals surface area contributed by atoms with Gasteiger partial charge in [0.2, 0.25) is 0 Å². The van der Waals surface area contributed by atoms with Gasteiger partial charge < -0.3 is 14.2 Å². The number of esters is 3. The molecule has 0 saturated heterocycles. The molecule has 0 aliphatic carbocycles. The van der Waals surface area contributed by atoms with Gasteiger partial charge in [-0.3, -0.25) is 14.4 Å². The lowest BCUT2D eigenvalue weighted by molar-refractivity contribution is -0.167. The van der Waals surface area contributed by atoms with Gasteiger partial charge in [-0.25, -0.2) is 0 Å². The fraction of sp³-hybridized carbons (Fsp3) is 0.758. The van der Waals surface area contributed by atoms with Gasteiger partial charge in [0, 0.05) is 19.3 Å². The van der Waals surface area contributed by atoms with Gasteiger partial charge in [0.15, 0.2) is 6.10 Å². The van der Waals surface area contributed by atoms with Gasteiger partial charge in [0.1, 0.15) is 13.2 Å². The van der Waals surface area contributed by atoms with E-state index in [0.29, 0.717) is 19.3 Å². The Morgan fingerprint density at radius 3 is 0.985 bits per heavy atom. The standard InChI is InChI=1S/C62H108O6/c1-4-7-10-13-16-19-22-25-28-30-32-34-37-40-43-46-49-52-55-61(64)67-58-59(57-66-60(63)54-51-48-45-42-39-36-33-27-24-21-18-15-12-9-6-3)68-62(65)56-53-50-47-44-41-38-35-31-29-26-23-20-17-14-11-8-5-2/h22,25-26,28-30,32,34-35,38,44,47,59H,4-21,23-24,27,31,33,36-37,39-43,45-46,48-58H2,1-3H3/b25-22-,29-26-,30-28-,34-32-,38-35-,47-44-. The van der Waals surface area contributed by atoms with Crippen LogP contribution in [0.25, 0.3) is 0 Å². The summed E-state index contributed by atoms with van der Waals surface area (Å²) in [4.78, 5) is 38.1. The van der Waals surface area contributed by atoms with Crippen molar-refractivity contribution in [2.45, 2.75) is 290 Å². The number of ether oxygens (including phenoxy) is 3. The third-order valence-corrected chi connectivity index (χ3v) is 12.5. The van der Waals surface area contributed by atoms with Crippen LogP contribution < -0.4 is 0 Å². The molecule has 0 aliphatic heterocycles. The van der Waals surface area contributed by atoms with Crippen molar-refractivity contribution in [1.82, 2.24) is 0 Å². The summed E-state index contributed by atoms with van der Waals surface area (Å²) in [6.07, 6.45) is 71.8. The van der Waals surface area contributed by atoms with Crippen LogP contribution in [0.2, 0.25) is 0 Å². The van der Waals surface area contributed by atoms with Gasteiger partial charge in [-0.15, -0.1) is 0 Å². The number of unbranched alkanes of at least 4 members (excludes halogenated alkanes) is 31. The van der Waals surface area contributed by atoms with Gasteiger partial charge in [0.25, 0.3) is 0 Å². The molecule has 0 bridgehead atoms. The van der Waals surface area contributed by atoms with Crippen molar-refractivity contribution in [3.8, 4) is 0 Å². The summed E-state index contributed by atoms with van der Waals surface area (Å²) >= 11 is 0. The predicted molar refractivity (Wildman–Crippen MR) is 293 cm³/mol. The van der Waals surface area contributed by atoms with E-state index >= 15 is 0 Å². The molecule has 0 fully saturated rings. The minimum Gasteiger partial charge on any atom is -0.462 e. The topological polar surface area (TPSA) is 78.9 Å². The molecule has 0 heterocycles. The van der Waals surface area contributed by atoms with Crippen LogP contribution in [0.3, 0.4) is 0 Å². The second-order valence-electron chi connectivity index (χ2n) is 19.3. The van der Waals surface area contributed by atoms with Crippen molar-refractivity contribution in [3.63, 3.8) is 0 Å². The second-order valence-corrected chi connectivity index (χ2v) is 19.3. The zero-order valence-corrected chi connectivity index (χ0v) is 44.9. The third-order valence-electron chi connectivity index (χ3n) is 12.5. The second kappa shape index (κ2) is 56.4. The van der Waals surface area contributed by atoms with Crippen molar-refractivity contribution >= 4 is 17.9 Å². The van der Waals surface area contributed by atoms with E-state index in [9.17, 15) is 14.4 Å². The highest BCUT2D eigenvalue weighted by molar-refractivity contribution is 5.71. The Balaban J connectivity index is 4.48. The highest BCUT2D eigenvalue weighted by atomic mass is 16.6. The number of carbonyl (C=O) groups is 3. The van der Waals surface area contributed by atoms with Gasteiger partial charge in [0.05, 0.1) is 0 Å². The van der Waals surface area contributed by atoms with Crippen LogP contribution in [0, 0.1) is 0 Å². The summed E-state index contributed by atoms with van der Waals surface area (Å²) in [6.45, 7) is 6.58. The largest absolute Gasteiger partial charge is 0.462 e. The molecular weight excluding hydrogens is 841 g/mol. The van der Waals surface area contributed by atoms with Crippen molar-refractivity contribution in [1.29, 1.82) is 0 Å². The predicted octanol–water partition coefficient (Wildman–Crippen LogP) is 19.4. The van der Waals surface area contributed by atoms with E-state index in [2.05, 4.69) is 93.7 Å². The Kier molecular flexibility index (Phi) is 53.8. The molecule has 392 valence electrons. The van der Waals surface area contributed by atoms with Crippen molar-refractivity contribution < 1.29 is 28.6 Å². The molecule has 1 unspecified atom stereocenters. The first-order chi connectivity index (χ1) is 33.5. The number of hydrogen-bond acceptors (Lipinski definition) is 6. The van der Waals surface area contributed by atoms with E-state index in [1.807, 2.05) is 0 Å². The highest BCUT2D eigenvalue weighted by Gasteiger charge is 2.19. The summed E-state index contributed by atoms with van der Waals surface area (Å²) in [5, 5.41) is 0. The molecular formula is C62H108O6. The summed E-state index contributed by atoms with van der Waals surface area (Å²) < 4.78 is 16.8. The average molecular weight is 950 g/mol. The summed E-state index contributed by atoms with van der Waals surface area (Å²) in [5.74, 6) is -0.964. The van der Waals surface area contributed by atoms with Crippen LogP contribution >= 0.6 is 0 Å². The first-order valence-electron chi connectivity index (χ1n) is 29.0. The Bertz CT molecular complexity index is 1270. The number of carbonyl (C=O) groups excluding carboxylic acids is 3. The molecule has 0 radical (unpaired) electrons. The van der Waals surface area contributed by atoms with Gasteiger partial charge in [-0.1, -0.05) is 261 Å². The minimum atomic E-state index is -0.809. The zero-order valence-electron chi connectivity index (χ0n) is 44.9. The molecule has 0 N–H and O–H groups in total. The van der Waals surface area contributed by atoms with E-state index in [4.69, 9.17) is 14.2 Å². The van der Waals surface area contributed by atoms with Crippen molar-refractivity contribution in [2.24, 2.45) is 0 Å². The van der Waals surface area contributed by atoms with E-state index < -0.39 is 6.10 Å². The van der Waals surface area contributed by atoms with E-state index in [0.717, 1.165) is 83.5 Å². The SMILES string of the molecule is CCCCCCC\C=C/C=C\C=C/CCCCCCCC(=O)OCC(COC(=O)CCCCCCCCCCCCCCCCC)OC(=O)CCC/C=C\C/C=C\C/C=C\CCCCCCCC. The van der Waals surface area contributed by atoms with Crippen LogP contribution in [0.5, 0.6) is 0 Å². The smallest absolute Gasteiger partial charge is 0.306 e. The molecule has 0 aromatic heterocycles. The van der Waals surface area contributed by atoms with Crippen LogP contribution in [0.15, 0.2) is 72.9 Å². The lowest BCUT2D eigenvalue weighted by Crippen LogP contribution is -2.30. The van der Waals surface area contributed by atoms with E-state index in [1.165, 1.54) is 154 Å². The maximum Gasteiger partial charge on any atom is 0.306 e. The fourth-order valence-electron chi connectivity index (χ4n) is 8.11. The lowest BCUT2D eigenvalue weighted by atomic mass is 10.0. The molecule has 0 aromatic carbocycles. The third kappa shape index (κ3) is 53.8. The zero-order chi connectivity index (χ0) is 49.3. The molecule has 0 aromatic rings. The number of rotatable bonds is 52. The fourth-order valence-corrected chi connectivity index (χ4v) is 8.11. The summed E-state index contributed by atoms with van der Waals surface area (Å²) in [6, 6.07) is 0. The Morgan fingerprint density at radius 2 is 0.603 bits per heavy atom.